The Kier molecular flexibility index (Phi) is 4.83. The van der Waals surface area contributed by atoms with Crippen LogP contribution in [0.15, 0.2) is 6.07 Å². The molecule has 0 aromatic carbocycles. The Morgan fingerprint density at radius 2 is 2.11 bits per heavy atom. The summed E-state index contributed by atoms with van der Waals surface area (Å²) in [5, 5.41) is -0.273. The molecule has 19 heavy (non-hydrogen) atoms. The number of thiophene rings is 1. The number of nitrogens with two attached hydrogens (primary N) is 1. The minimum atomic E-state index is -2.99. The lowest BCUT2D eigenvalue weighted by atomic mass is 9.82. The lowest BCUT2D eigenvalue weighted by Crippen LogP contribution is -2.32. The quantitative estimate of drug-likeness (QED) is 0.912. The van der Waals surface area contributed by atoms with Gasteiger partial charge >= 0.3 is 0 Å². The second-order valence-corrected chi connectivity index (χ2v) is 9.79. The monoisotopic (exact) mass is 341 g/mol. The van der Waals surface area contributed by atoms with Crippen LogP contribution in [0.25, 0.3) is 0 Å². The van der Waals surface area contributed by atoms with Gasteiger partial charge in [0.15, 0.2) is 0 Å². The van der Waals surface area contributed by atoms with Crippen LogP contribution in [0.4, 0.5) is 0 Å². The zero-order valence-corrected chi connectivity index (χ0v) is 13.7. The summed E-state index contributed by atoms with van der Waals surface area (Å²) >= 11 is 13.4. The van der Waals surface area contributed by atoms with Crippen molar-refractivity contribution >= 4 is 44.4 Å². The Morgan fingerprint density at radius 3 is 2.63 bits per heavy atom. The Balaban J connectivity index is 2.15. The molecule has 2 rings (SSSR count). The van der Waals surface area contributed by atoms with Crippen molar-refractivity contribution in [2.24, 2.45) is 11.7 Å². The molecule has 1 heterocycles. The summed E-state index contributed by atoms with van der Waals surface area (Å²) in [4.78, 5) is 0. The van der Waals surface area contributed by atoms with E-state index in [0.29, 0.717) is 15.1 Å². The van der Waals surface area contributed by atoms with Crippen molar-refractivity contribution in [2.45, 2.75) is 37.0 Å². The minimum absolute atomic E-state index is 0.150. The molecule has 3 atom stereocenters. The fourth-order valence-electron chi connectivity index (χ4n) is 2.73. The first kappa shape index (κ1) is 15.6. The van der Waals surface area contributed by atoms with Gasteiger partial charge in [-0.15, -0.1) is 11.3 Å². The molecule has 0 amide bonds. The summed E-state index contributed by atoms with van der Waals surface area (Å²) in [5.74, 6) is 0.150. The van der Waals surface area contributed by atoms with Gasteiger partial charge in [-0.3, -0.25) is 0 Å². The van der Waals surface area contributed by atoms with E-state index in [9.17, 15) is 8.42 Å². The summed E-state index contributed by atoms with van der Waals surface area (Å²) in [6.45, 7) is 0. The maximum atomic E-state index is 11.7. The van der Waals surface area contributed by atoms with Crippen LogP contribution in [-0.2, 0) is 9.84 Å². The highest BCUT2D eigenvalue weighted by Gasteiger charge is 2.33. The molecule has 0 radical (unpaired) electrons. The molecule has 108 valence electrons. The number of rotatable bonds is 3. The zero-order chi connectivity index (χ0) is 14.2. The summed E-state index contributed by atoms with van der Waals surface area (Å²) < 4.78 is 24.6. The topological polar surface area (TPSA) is 60.2 Å². The van der Waals surface area contributed by atoms with E-state index >= 15 is 0 Å². The summed E-state index contributed by atoms with van der Waals surface area (Å²) in [5.41, 5.74) is 7.10. The van der Waals surface area contributed by atoms with Crippen molar-refractivity contribution in [2.75, 3.05) is 6.26 Å². The average Bonchev–Trinajstić information content (AvgIpc) is 2.66. The maximum Gasteiger partial charge on any atom is 0.150 e. The average molecular weight is 342 g/mol. The van der Waals surface area contributed by atoms with Gasteiger partial charge in [0, 0.05) is 17.9 Å². The SMILES string of the molecule is CS(=O)(=O)C1CCCC(C(N)c2cc(Cl)sc2Cl)C1. The van der Waals surface area contributed by atoms with Gasteiger partial charge in [0.1, 0.15) is 9.84 Å². The lowest BCUT2D eigenvalue weighted by Gasteiger charge is -2.31. The van der Waals surface area contributed by atoms with Crippen LogP contribution in [0.5, 0.6) is 0 Å². The fourth-order valence-corrected chi connectivity index (χ4v) is 5.49. The van der Waals surface area contributed by atoms with Gasteiger partial charge in [-0.1, -0.05) is 29.6 Å². The largest absolute Gasteiger partial charge is 0.324 e. The molecule has 1 aliphatic rings. The lowest BCUT2D eigenvalue weighted by molar-refractivity contribution is 0.309. The Labute approximate surface area is 128 Å². The predicted octanol–water partition coefficient (Wildman–Crippen LogP) is 3.66. The molecule has 7 heteroatoms. The molecule has 3 unspecified atom stereocenters. The third-order valence-corrected chi connectivity index (χ3v) is 6.98. The minimum Gasteiger partial charge on any atom is -0.324 e. The molecule has 0 aliphatic heterocycles. The number of hydrogen-bond donors (Lipinski definition) is 1. The van der Waals surface area contributed by atoms with Crippen LogP contribution in [0.3, 0.4) is 0 Å². The maximum absolute atomic E-state index is 11.7. The highest BCUT2D eigenvalue weighted by Crippen LogP contribution is 2.41. The standard InChI is InChI=1S/C12H17Cl2NO2S2/c1-19(16,17)8-4-2-3-7(5-8)11(15)9-6-10(13)18-12(9)14/h6-8,11H,2-5,15H2,1H3. The molecule has 0 saturated heterocycles. The molecule has 1 aromatic heterocycles. The molecule has 0 spiro atoms. The predicted molar refractivity (Wildman–Crippen MR) is 81.9 cm³/mol. The van der Waals surface area contributed by atoms with Crippen LogP contribution in [0.2, 0.25) is 8.67 Å². The highest BCUT2D eigenvalue weighted by molar-refractivity contribution is 7.91. The van der Waals surface area contributed by atoms with Gasteiger partial charge in [-0.05, 0) is 31.2 Å². The summed E-state index contributed by atoms with van der Waals surface area (Å²) in [6.07, 6.45) is 4.49. The summed E-state index contributed by atoms with van der Waals surface area (Å²) in [6, 6.07) is 1.56. The van der Waals surface area contributed by atoms with Crippen LogP contribution in [-0.4, -0.2) is 19.9 Å². The molecule has 1 aliphatic carbocycles. The van der Waals surface area contributed by atoms with Gasteiger partial charge in [0.25, 0.3) is 0 Å². The first-order valence-corrected chi connectivity index (χ1v) is 9.71. The molecule has 0 bridgehead atoms. The van der Waals surface area contributed by atoms with Crippen molar-refractivity contribution in [1.29, 1.82) is 0 Å². The van der Waals surface area contributed by atoms with Gasteiger partial charge in [-0.2, -0.15) is 0 Å². The third-order valence-electron chi connectivity index (χ3n) is 3.82. The van der Waals surface area contributed by atoms with Gasteiger partial charge < -0.3 is 5.73 Å². The second kappa shape index (κ2) is 5.90. The molecule has 1 aromatic rings. The molecular formula is C12H17Cl2NO2S2. The highest BCUT2D eigenvalue weighted by atomic mass is 35.5. The van der Waals surface area contributed by atoms with Crippen LogP contribution in [0, 0.1) is 5.92 Å². The first-order chi connectivity index (χ1) is 8.79. The van der Waals surface area contributed by atoms with Crippen molar-refractivity contribution in [1.82, 2.24) is 0 Å². The van der Waals surface area contributed by atoms with E-state index in [4.69, 9.17) is 28.9 Å². The number of hydrogen-bond acceptors (Lipinski definition) is 4. The summed E-state index contributed by atoms with van der Waals surface area (Å²) in [7, 11) is -2.99. The smallest absolute Gasteiger partial charge is 0.150 e. The Hall–Kier alpha value is 0.190. The molecule has 3 nitrogen and oxygen atoms in total. The van der Waals surface area contributed by atoms with E-state index in [1.807, 2.05) is 0 Å². The third kappa shape index (κ3) is 3.64. The van der Waals surface area contributed by atoms with E-state index in [1.54, 1.807) is 6.07 Å². The van der Waals surface area contributed by atoms with Gasteiger partial charge in [-0.25, -0.2) is 8.42 Å². The van der Waals surface area contributed by atoms with Crippen LogP contribution in [0.1, 0.15) is 37.3 Å². The van der Waals surface area contributed by atoms with Gasteiger partial charge in [0.05, 0.1) is 13.9 Å². The van der Waals surface area contributed by atoms with Crippen molar-refractivity contribution in [3.63, 3.8) is 0 Å². The van der Waals surface area contributed by atoms with E-state index in [0.717, 1.165) is 24.8 Å². The second-order valence-electron chi connectivity index (χ2n) is 5.18. The Bertz CT molecular complexity index is 556. The van der Waals surface area contributed by atoms with E-state index < -0.39 is 9.84 Å². The van der Waals surface area contributed by atoms with Crippen molar-refractivity contribution in [3.05, 3.63) is 20.3 Å². The van der Waals surface area contributed by atoms with Crippen LogP contribution < -0.4 is 5.73 Å². The van der Waals surface area contributed by atoms with Crippen molar-refractivity contribution < 1.29 is 8.42 Å². The number of sulfone groups is 1. The zero-order valence-electron chi connectivity index (χ0n) is 10.6. The van der Waals surface area contributed by atoms with Crippen molar-refractivity contribution in [3.8, 4) is 0 Å². The first-order valence-electron chi connectivity index (χ1n) is 6.18. The van der Waals surface area contributed by atoms with Crippen LogP contribution >= 0.6 is 34.5 Å². The van der Waals surface area contributed by atoms with E-state index in [1.165, 1.54) is 17.6 Å². The molecule has 1 fully saturated rings. The Morgan fingerprint density at radius 1 is 1.42 bits per heavy atom. The molecule has 2 N–H and O–H groups in total. The number of halogens is 2. The van der Waals surface area contributed by atoms with E-state index in [2.05, 4.69) is 0 Å². The normalized spacial score (nSPS) is 26.3. The van der Waals surface area contributed by atoms with E-state index in [-0.39, 0.29) is 17.2 Å². The molecule has 1 saturated carbocycles. The fraction of sp³-hybridized carbons (Fsp3) is 0.667. The molecular weight excluding hydrogens is 325 g/mol. The van der Waals surface area contributed by atoms with Gasteiger partial charge in [0.2, 0.25) is 0 Å².